The van der Waals surface area contributed by atoms with Gasteiger partial charge in [-0.3, -0.25) is 4.79 Å². The van der Waals surface area contributed by atoms with Crippen molar-refractivity contribution in [1.82, 2.24) is 10.3 Å². The third-order valence-corrected chi connectivity index (χ3v) is 5.82. The van der Waals surface area contributed by atoms with E-state index < -0.39 is 17.8 Å². The second-order valence-corrected chi connectivity index (χ2v) is 8.57. The molecule has 0 spiro atoms. The lowest BCUT2D eigenvalue weighted by atomic mass is 9.92. The number of aromatic nitrogens is 1. The number of hydrogen-bond acceptors (Lipinski definition) is 3. The van der Waals surface area contributed by atoms with Crippen LogP contribution in [0.15, 0.2) is 54.7 Å². The molecule has 0 saturated heterocycles. The van der Waals surface area contributed by atoms with Crippen molar-refractivity contribution >= 4 is 33.6 Å². The highest BCUT2D eigenvalue weighted by Crippen LogP contribution is 2.34. The quantitative estimate of drug-likeness (QED) is 0.237. The van der Waals surface area contributed by atoms with Crippen LogP contribution < -0.4 is 10.1 Å². The summed E-state index contributed by atoms with van der Waals surface area (Å²) in [5.41, 5.74) is 2.80. The summed E-state index contributed by atoms with van der Waals surface area (Å²) < 4.78 is 20.1. The number of nitrogens with one attached hydrogen (secondary N) is 2. The monoisotopic (exact) mass is 456 g/mol. The lowest BCUT2D eigenvalue weighted by molar-refractivity contribution is -0.139. The molecule has 2 N–H and O–H groups in total. The molecule has 0 fully saturated rings. The number of hydrogen-bond donors (Lipinski definition) is 2. The van der Waals surface area contributed by atoms with Gasteiger partial charge < -0.3 is 15.0 Å². The fraction of sp³-hybridized carbons (Fsp3) is 0.214. The van der Waals surface area contributed by atoms with Crippen LogP contribution in [0.3, 0.4) is 0 Å². The topological polar surface area (TPSA) is 71.2 Å². The van der Waals surface area contributed by atoms with Crippen LogP contribution in [0.2, 0.25) is 0 Å². The Hall–Kier alpha value is -4.11. The molecule has 1 amide bonds. The van der Waals surface area contributed by atoms with Crippen molar-refractivity contribution in [2.45, 2.75) is 39.2 Å². The molecule has 0 radical (unpaired) electrons. The van der Waals surface area contributed by atoms with Crippen LogP contribution in [-0.4, -0.2) is 22.9 Å². The molecule has 172 valence electrons. The number of amides is 1. The first-order valence-corrected chi connectivity index (χ1v) is 11.0. The molecule has 6 heteroatoms. The SMILES string of the molecule is C#Cc1c(F)ccc2cc(OC(=O)[C@H](Cc3c[nH]c4ccccc34)NC(C)=O)cc(C(C)C)c12. The number of halogens is 1. The summed E-state index contributed by atoms with van der Waals surface area (Å²) in [5.74, 6) is 1.37. The van der Waals surface area contributed by atoms with Gasteiger partial charge in [0.05, 0.1) is 5.56 Å². The number of aromatic amines is 1. The highest BCUT2D eigenvalue weighted by molar-refractivity contribution is 5.94. The van der Waals surface area contributed by atoms with Crippen molar-refractivity contribution in [3.8, 4) is 18.1 Å². The maximum atomic E-state index is 14.3. The van der Waals surface area contributed by atoms with E-state index >= 15 is 0 Å². The number of esters is 1. The minimum atomic E-state index is -0.885. The van der Waals surface area contributed by atoms with Gasteiger partial charge in [-0.2, -0.15) is 0 Å². The average molecular weight is 457 g/mol. The van der Waals surface area contributed by atoms with Crippen molar-refractivity contribution in [2.75, 3.05) is 0 Å². The Labute approximate surface area is 197 Å². The predicted molar refractivity (Wildman–Crippen MR) is 131 cm³/mol. The van der Waals surface area contributed by atoms with Crippen LogP contribution >= 0.6 is 0 Å². The molecular weight excluding hydrogens is 431 g/mol. The van der Waals surface area contributed by atoms with E-state index in [2.05, 4.69) is 16.2 Å². The zero-order valence-corrected chi connectivity index (χ0v) is 19.2. The lowest BCUT2D eigenvalue weighted by Gasteiger charge is -2.19. The van der Waals surface area contributed by atoms with Crippen molar-refractivity contribution < 1.29 is 18.7 Å². The van der Waals surface area contributed by atoms with Gasteiger partial charge in [0.25, 0.3) is 0 Å². The van der Waals surface area contributed by atoms with Crippen LogP contribution in [-0.2, 0) is 16.0 Å². The number of fused-ring (bicyclic) bond motifs is 2. The highest BCUT2D eigenvalue weighted by atomic mass is 19.1. The summed E-state index contributed by atoms with van der Waals surface area (Å²) in [6.07, 6.45) is 7.67. The molecule has 4 aromatic rings. The Morgan fingerprint density at radius 1 is 1.18 bits per heavy atom. The van der Waals surface area contributed by atoms with Crippen LogP contribution in [0.25, 0.3) is 21.7 Å². The number of benzene rings is 3. The van der Waals surface area contributed by atoms with Gasteiger partial charge in [0, 0.05) is 35.8 Å². The standard InChI is InChI=1S/C28H25FN2O3/c1-5-21-24(29)11-10-18-12-20(14-23(16(2)3)27(18)21)34-28(33)26(31-17(4)32)13-19-15-30-25-9-7-6-8-22(19)25/h1,6-12,14-16,26,30H,13H2,2-4H3,(H,31,32)/t26-/m0/s1. The molecular formula is C28H25FN2O3. The van der Waals surface area contributed by atoms with Crippen LogP contribution in [0.4, 0.5) is 4.39 Å². The van der Waals surface area contributed by atoms with E-state index in [0.717, 1.165) is 22.0 Å². The van der Waals surface area contributed by atoms with Gasteiger partial charge in [-0.1, -0.05) is 44.0 Å². The van der Waals surface area contributed by atoms with Crippen molar-refractivity contribution in [1.29, 1.82) is 0 Å². The zero-order chi connectivity index (χ0) is 24.4. The first-order chi connectivity index (χ1) is 16.3. The lowest BCUT2D eigenvalue weighted by Crippen LogP contribution is -2.43. The third-order valence-electron chi connectivity index (χ3n) is 5.82. The van der Waals surface area contributed by atoms with E-state index in [1.807, 2.05) is 44.3 Å². The maximum Gasteiger partial charge on any atom is 0.334 e. The molecule has 0 aliphatic heterocycles. The molecule has 34 heavy (non-hydrogen) atoms. The number of carbonyl (C=O) groups is 2. The minimum Gasteiger partial charge on any atom is -0.425 e. The molecule has 0 aliphatic rings. The Morgan fingerprint density at radius 3 is 2.65 bits per heavy atom. The number of carbonyl (C=O) groups excluding carboxylic acids is 2. The molecule has 1 heterocycles. The van der Waals surface area contributed by atoms with Crippen LogP contribution in [0.5, 0.6) is 5.75 Å². The molecule has 0 aliphatic carbocycles. The van der Waals surface area contributed by atoms with Gasteiger partial charge in [0.2, 0.25) is 5.91 Å². The molecule has 0 unspecified atom stereocenters. The van der Waals surface area contributed by atoms with Crippen LogP contribution in [0, 0.1) is 18.2 Å². The second kappa shape index (κ2) is 9.40. The first-order valence-electron chi connectivity index (χ1n) is 11.0. The van der Waals surface area contributed by atoms with Gasteiger partial charge >= 0.3 is 5.97 Å². The van der Waals surface area contributed by atoms with Gasteiger partial charge in [-0.05, 0) is 46.7 Å². The van der Waals surface area contributed by atoms with Gasteiger partial charge in [0.1, 0.15) is 17.6 Å². The number of ether oxygens (including phenoxy) is 1. The molecule has 1 aromatic heterocycles. The Morgan fingerprint density at radius 2 is 1.94 bits per heavy atom. The van der Waals surface area contributed by atoms with Crippen LogP contribution in [0.1, 0.15) is 43.4 Å². The number of para-hydroxylation sites is 1. The Balaban J connectivity index is 1.68. The fourth-order valence-electron chi connectivity index (χ4n) is 4.25. The van der Waals surface area contributed by atoms with E-state index in [9.17, 15) is 14.0 Å². The largest absolute Gasteiger partial charge is 0.425 e. The third kappa shape index (κ3) is 4.51. The van der Waals surface area contributed by atoms with Gasteiger partial charge in [0.15, 0.2) is 0 Å². The summed E-state index contributed by atoms with van der Waals surface area (Å²) >= 11 is 0. The van der Waals surface area contributed by atoms with Gasteiger partial charge in [-0.25, -0.2) is 9.18 Å². The first kappa shape index (κ1) is 23.1. The molecule has 5 nitrogen and oxygen atoms in total. The average Bonchev–Trinajstić information content (AvgIpc) is 3.20. The van der Waals surface area contributed by atoms with E-state index in [1.165, 1.54) is 13.0 Å². The normalized spacial score (nSPS) is 12.0. The van der Waals surface area contributed by atoms with E-state index in [1.54, 1.807) is 18.2 Å². The van der Waals surface area contributed by atoms with Crippen molar-refractivity contribution in [3.05, 3.63) is 77.2 Å². The molecule has 1 atom stereocenters. The summed E-state index contributed by atoms with van der Waals surface area (Å²) in [6, 6.07) is 13.2. The van der Waals surface area contributed by atoms with E-state index in [0.29, 0.717) is 16.5 Å². The summed E-state index contributed by atoms with van der Waals surface area (Å²) in [7, 11) is 0. The summed E-state index contributed by atoms with van der Waals surface area (Å²) in [4.78, 5) is 28.2. The minimum absolute atomic E-state index is 0.00686. The molecule has 0 bridgehead atoms. The summed E-state index contributed by atoms with van der Waals surface area (Å²) in [6.45, 7) is 5.28. The Kier molecular flexibility index (Phi) is 6.38. The van der Waals surface area contributed by atoms with Crippen molar-refractivity contribution in [3.63, 3.8) is 0 Å². The van der Waals surface area contributed by atoms with E-state index in [-0.39, 0.29) is 23.8 Å². The molecule has 4 rings (SSSR count). The number of H-pyrrole nitrogens is 1. The summed E-state index contributed by atoms with van der Waals surface area (Å²) in [5, 5.41) is 4.98. The smallest absolute Gasteiger partial charge is 0.334 e. The fourth-order valence-corrected chi connectivity index (χ4v) is 4.25. The highest BCUT2D eigenvalue weighted by Gasteiger charge is 2.24. The predicted octanol–water partition coefficient (Wildman–Crippen LogP) is 5.22. The molecule has 3 aromatic carbocycles. The van der Waals surface area contributed by atoms with Crippen molar-refractivity contribution in [2.24, 2.45) is 0 Å². The van der Waals surface area contributed by atoms with Gasteiger partial charge in [-0.15, -0.1) is 6.42 Å². The second-order valence-electron chi connectivity index (χ2n) is 8.57. The van der Waals surface area contributed by atoms with E-state index in [4.69, 9.17) is 11.2 Å². The molecule has 0 saturated carbocycles. The zero-order valence-electron chi connectivity index (χ0n) is 19.2. The Bertz CT molecular complexity index is 1450. The number of rotatable bonds is 6. The maximum absolute atomic E-state index is 14.3. The number of terminal acetylenes is 1.